The average molecular weight is 226 g/mol. The van der Waals surface area contributed by atoms with Crippen LogP contribution in [0.4, 0.5) is 5.13 Å². The zero-order chi connectivity index (χ0) is 11.0. The van der Waals surface area contributed by atoms with Crippen LogP contribution in [0, 0.1) is 0 Å². The van der Waals surface area contributed by atoms with Crippen molar-refractivity contribution in [3.8, 4) is 0 Å². The molecule has 0 amide bonds. The number of H-pyrrole nitrogens is 1. The zero-order valence-electron chi connectivity index (χ0n) is 8.11. The van der Waals surface area contributed by atoms with E-state index in [1.165, 1.54) is 4.57 Å². The molecular weight excluding hydrogens is 216 g/mol. The van der Waals surface area contributed by atoms with Gasteiger partial charge in [0.15, 0.2) is 10.8 Å². The van der Waals surface area contributed by atoms with Crippen LogP contribution in [0.5, 0.6) is 0 Å². The summed E-state index contributed by atoms with van der Waals surface area (Å²) < 4.78 is 1.84. The monoisotopic (exact) mass is 226 g/mol. The van der Waals surface area contributed by atoms with E-state index < -0.39 is 11.2 Å². The Morgan fingerprint density at radius 1 is 1.53 bits per heavy atom. The summed E-state index contributed by atoms with van der Waals surface area (Å²) in [6.45, 7) is 2.47. The molecule has 0 aromatic carbocycles. The van der Waals surface area contributed by atoms with Crippen LogP contribution in [-0.2, 0) is 6.54 Å². The van der Waals surface area contributed by atoms with E-state index in [2.05, 4.69) is 9.97 Å². The molecule has 0 fully saturated rings. The van der Waals surface area contributed by atoms with E-state index >= 15 is 0 Å². The molecule has 0 radical (unpaired) electrons. The van der Waals surface area contributed by atoms with Gasteiger partial charge in [0.1, 0.15) is 4.70 Å². The van der Waals surface area contributed by atoms with Crippen molar-refractivity contribution in [3.05, 3.63) is 20.8 Å². The number of nitrogens with zero attached hydrogens (tertiary/aromatic N) is 2. The van der Waals surface area contributed by atoms with Crippen molar-refractivity contribution in [2.45, 2.75) is 19.9 Å². The van der Waals surface area contributed by atoms with Gasteiger partial charge in [-0.1, -0.05) is 18.3 Å². The first-order valence-electron chi connectivity index (χ1n) is 4.52. The minimum absolute atomic E-state index is 0.297. The molecule has 0 saturated heterocycles. The van der Waals surface area contributed by atoms with Gasteiger partial charge in [-0.05, 0) is 6.42 Å². The number of aryl methyl sites for hydroxylation is 1. The zero-order valence-corrected chi connectivity index (χ0v) is 8.93. The summed E-state index contributed by atoms with van der Waals surface area (Å²) in [4.78, 5) is 29.1. The molecule has 15 heavy (non-hydrogen) atoms. The van der Waals surface area contributed by atoms with Gasteiger partial charge in [-0.3, -0.25) is 14.3 Å². The van der Waals surface area contributed by atoms with Crippen LogP contribution in [-0.4, -0.2) is 14.5 Å². The van der Waals surface area contributed by atoms with E-state index in [9.17, 15) is 9.59 Å². The smallest absolute Gasteiger partial charge is 0.330 e. The fraction of sp³-hybridized carbons (Fsp3) is 0.375. The number of hydrogen-bond acceptors (Lipinski definition) is 5. The number of nitrogen functional groups attached to an aromatic ring is 1. The summed E-state index contributed by atoms with van der Waals surface area (Å²) in [7, 11) is 0. The van der Waals surface area contributed by atoms with E-state index in [0.29, 0.717) is 22.0 Å². The molecule has 0 unspecified atom stereocenters. The number of aromatic nitrogens is 3. The molecule has 2 heterocycles. The minimum Gasteiger partial charge on any atom is -0.375 e. The van der Waals surface area contributed by atoms with E-state index in [1.54, 1.807) is 0 Å². The predicted molar refractivity (Wildman–Crippen MR) is 59.2 cm³/mol. The molecule has 80 valence electrons. The number of anilines is 1. The Hall–Kier alpha value is -1.63. The van der Waals surface area contributed by atoms with Gasteiger partial charge in [0.05, 0.1) is 0 Å². The number of nitrogens with one attached hydrogen (secondary N) is 1. The van der Waals surface area contributed by atoms with Gasteiger partial charge in [-0.2, -0.15) is 0 Å². The van der Waals surface area contributed by atoms with Gasteiger partial charge >= 0.3 is 5.69 Å². The number of fused-ring (bicyclic) bond motifs is 1. The van der Waals surface area contributed by atoms with Crippen molar-refractivity contribution in [1.82, 2.24) is 14.5 Å². The molecule has 0 spiro atoms. The van der Waals surface area contributed by atoms with Crippen LogP contribution < -0.4 is 17.0 Å². The highest BCUT2D eigenvalue weighted by atomic mass is 32.1. The second-order valence-corrected chi connectivity index (χ2v) is 4.15. The maximum absolute atomic E-state index is 11.5. The lowest BCUT2D eigenvalue weighted by Gasteiger charge is -2.02. The van der Waals surface area contributed by atoms with Crippen LogP contribution in [0.1, 0.15) is 13.3 Å². The third-order valence-electron chi connectivity index (χ3n) is 2.00. The Balaban J connectivity index is 2.89. The number of aromatic amines is 1. The SMILES string of the molecule is CCCn1c(=O)[nH]c(=O)c2sc(N)nc21. The second kappa shape index (κ2) is 3.50. The summed E-state index contributed by atoms with van der Waals surface area (Å²) in [5, 5.41) is 0.297. The molecule has 0 aliphatic carbocycles. The second-order valence-electron chi connectivity index (χ2n) is 3.12. The molecule has 2 rings (SSSR count). The maximum atomic E-state index is 11.5. The van der Waals surface area contributed by atoms with Gasteiger partial charge in [0.2, 0.25) is 0 Å². The van der Waals surface area contributed by atoms with Gasteiger partial charge in [0, 0.05) is 6.54 Å². The maximum Gasteiger partial charge on any atom is 0.330 e. The highest BCUT2D eigenvalue weighted by Crippen LogP contribution is 2.18. The van der Waals surface area contributed by atoms with Crippen LogP contribution in [0.3, 0.4) is 0 Å². The molecular formula is C8H10N4O2S. The van der Waals surface area contributed by atoms with E-state index in [4.69, 9.17) is 5.73 Å². The van der Waals surface area contributed by atoms with E-state index in [-0.39, 0.29) is 0 Å². The van der Waals surface area contributed by atoms with E-state index in [0.717, 1.165) is 17.8 Å². The van der Waals surface area contributed by atoms with Crippen LogP contribution >= 0.6 is 11.3 Å². The molecule has 7 heteroatoms. The summed E-state index contributed by atoms with van der Waals surface area (Å²) in [6, 6.07) is 0. The average Bonchev–Trinajstić information content (AvgIpc) is 2.55. The Morgan fingerprint density at radius 2 is 2.27 bits per heavy atom. The lowest BCUT2D eigenvalue weighted by atomic mass is 10.4. The molecule has 0 aliphatic rings. The third kappa shape index (κ3) is 1.54. The molecule has 2 aromatic rings. The highest BCUT2D eigenvalue weighted by molar-refractivity contribution is 7.21. The van der Waals surface area contributed by atoms with Crippen molar-refractivity contribution < 1.29 is 0 Å². The lowest BCUT2D eigenvalue weighted by Crippen LogP contribution is -2.29. The fourth-order valence-electron chi connectivity index (χ4n) is 1.41. The molecule has 0 aliphatic heterocycles. The lowest BCUT2D eigenvalue weighted by molar-refractivity contribution is 0.653. The first-order valence-corrected chi connectivity index (χ1v) is 5.34. The fourth-order valence-corrected chi connectivity index (χ4v) is 2.14. The molecule has 3 N–H and O–H groups in total. The molecule has 0 bridgehead atoms. The van der Waals surface area contributed by atoms with Gasteiger partial charge < -0.3 is 5.73 Å². The van der Waals surface area contributed by atoms with Crippen molar-refractivity contribution in [2.24, 2.45) is 0 Å². The van der Waals surface area contributed by atoms with Crippen LogP contribution in [0.25, 0.3) is 10.3 Å². The largest absolute Gasteiger partial charge is 0.375 e. The Kier molecular flexibility index (Phi) is 2.31. The Morgan fingerprint density at radius 3 is 2.93 bits per heavy atom. The summed E-state index contributed by atoms with van der Waals surface area (Å²) >= 11 is 1.09. The highest BCUT2D eigenvalue weighted by Gasteiger charge is 2.11. The molecule has 6 nitrogen and oxygen atoms in total. The van der Waals surface area contributed by atoms with Crippen molar-refractivity contribution in [1.29, 1.82) is 0 Å². The molecule has 0 saturated carbocycles. The van der Waals surface area contributed by atoms with E-state index in [1.807, 2.05) is 6.92 Å². The first-order chi connectivity index (χ1) is 7.13. The van der Waals surface area contributed by atoms with Crippen molar-refractivity contribution in [2.75, 3.05) is 5.73 Å². The number of nitrogens with two attached hydrogens (primary N) is 1. The van der Waals surface area contributed by atoms with Crippen molar-refractivity contribution >= 4 is 26.8 Å². The van der Waals surface area contributed by atoms with Gasteiger partial charge in [0.25, 0.3) is 5.56 Å². The first kappa shape index (κ1) is 9.91. The summed E-state index contributed by atoms with van der Waals surface area (Å²) in [5.41, 5.74) is 5.05. The molecule has 0 atom stereocenters. The van der Waals surface area contributed by atoms with Crippen LogP contribution in [0.15, 0.2) is 9.59 Å². The minimum atomic E-state index is -0.431. The topological polar surface area (TPSA) is 93.8 Å². The number of rotatable bonds is 2. The number of hydrogen-bond donors (Lipinski definition) is 2. The summed E-state index contributed by atoms with van der Waals surface area (Å²) in [6.07, 6.45) is 0.790. The van der Waals surface area contributed by atoms with Crippen molar-refractivity contribution in [3.63, 3.8) is 0 Å². The van der Waals surface area contributed by atoms with Gasteiger partial charge in [-0.15, -0.1) is 0 Å². The normalized spacial score (nSPS) is 11.0. The number of thiazole rings is 1. The summed E-state index contributed by atoms with van der Waals surface area (Å²) in [5.74, 6) is 0. The molecule has 2 aromatic heterocycles. The van der Waals surface area contributed by atoms with Crippen LogP contribution in [0.2, 0.25) is 0 Å². The Labute approximate surface area is 88.4 Å². The standard InChI is InChI=1S/C8H10N4O2S/c1-2-3-12-5-4(15-7(9)10-5)6(13)11-8(12)14/h2-3H2,1H3,(H2,9,10)(H,11,13,14). The quantitative estimate of drug-likeness (QED) is 0.761. The third-order valence-corrected chi connectivity index (χ3v) is 2.87. The van der Waals surface area contributed by atoms with Gasteiger partial charge in [-0.25, -0.2) is 9.78 Å². The Bertz CT molecular complexity index is 609. The predicted octanol–water partition coefficient (Wildman–Crippen LogP) is 0.139.